The Labute approximate surface area is 79.3 Å². The van der Waals surface area contributed by atoms with Crippen LogP contribution in [0, 0.1) is 5.92 Å². The van der Waals surface area contributed by atoms with E-state index in [1.807, 2.05) is 0 Å². The summed E-state index contributed by atoms with van der Waals surface area (Å²) in [6.45, 7) is 0. The van der Waals surface area contributed by atoms with Gasteiger partial charge in [-0.3, -0.25) is 4.79 Å². The lowest BCUT2D eigenvalue weighted by molar-refractivity contribution is -0.138. The molecule has 2 saturated carbocycles. The molecule has 0 aromatic heterocycles. The molecule has 2 fully saturated rings. The van der Waals surface area contributed by atoms with Crippen LogP contribution in [0.3, 0.4) is 0 Å². The quantitative estimate of drug-likeness (QED) is 0.725. The van der Waals surface area contributed by atoms with Crippen LogP contribution < -0.4 is 0 Å². The van der Waals surface area contributed by atoms with Gasteiger partial charge in [-0.15, -0.1) is 0 Å². The van der Waals surface area contributed by atoms with E-state index in [9.17, 15) is 9.90 Å². The standard InChI is InChI=1S/C11H18O2/c12-10(8-9-4-3-5-9)11(13)6-1-2-7-11/h9,13H,1-8H2. The fraction of sp³-hybridized carbons (Fsp3) is 0.909. The van der Waals surface area contributed by atoms with Crippen LogP contribution in [-0.4, -0.2) is 16.5 Å². The molecule has 74 valence electrons. The monoisotopic (exact) mass is 182 g/mol. The molecule has 0 aliphatic heterocycles. The molecule has 13 heavy (non-hydrogen) atoms. The number of rotatable bonds is 3. The highest BCUT2D eigenvalue weighted by Crippen LogP contribution is 2.36. The normalized spacial score (nSPS) is 27.2. The SMILES string of the molecule is O=C(CC1CCC1)C1(O)CCCC1. The lowest BCUT2D eigenvalue weighted by atomic mass is 9.78. The van der Waals surface area contributed by atoms with E-state index in [1.165, 1.54) is 19.3 Å². The Morgan fingerprint density at radius 3 is 2.31 bits per heavy atom. The van der Waals surface area contributed by atoms with E-state index in [-0.39, 0.29) is 5.78 Å². The summed E-state index contributed by atoms with van der Waals surface area (Å²) in [6.07, 6.45) is 7.76. The summed E-state index contributed by atoms with van der Waals surface area (Å²) in [5, 5.41) is 9.98. The van der Waals surface area contributed by atoms with Crippen LogP contribution in [0.25, 0.3) is 0 Å². The summed E-state index contributed by atoms with van der Waals surface area (Å²) in [7, 11) is 0. The Bertz CT molecular complexity index is 200. The van der Waals surface area contributed by atoms with Crippen molar-refractivity contribution in [3.8, 4) is 0 Å². The lowest BCUT2D eigenvalue weighted by Crippen LogP contribution is -2.37. The van der Waals surface area contributed by atoms with E-state index in [0.717, 1.165) is 12.8 Å². The highest BCUT2D eigenvalue weighted by molar-refractivity contribution is 5.87. The highest BCUT2D eigenvalue weighted by Gasteiger charge is 2.39. The molecule has 2 rings (SSSR count). The number of hydrogen-bond acceptors (Lipinski definition) is 2. The Hall–Kier alpha value is -0.370. The third-order valence-corrected chi connectivity index (χ3v) is 3.65. The molecular formula is C11H18O2. The van der Waals surface area contributed by atoms with Gasteiger partial charge in [-0.2, -0.15) is 0 Å². The molecule has 2 aliphatic rings. The smallest absolute Gasteiger partial charge is 0.164 e. The summed E-state index contributed by atoms with van der Waals surface area (Å²) in [6, 6.07) is 0. The van der Waals surface area contributed by atoms with Crippen LogP contribution in [-0.2, 0) is 4.79 Å². The molecule has 0 bridgehead atoms. The predicted molar refractivity (Wildman–Crippen MR) is 50.4 cm³/mol. The van der Waals surface area contributed by atoms with E-state index in [4.69, 9.17) is 0 Å². The Morgan fingerprint density at radius 1 is 1.23 bits per heavy atom. The maximum absolute atomic E-state index is 11.7. The second-order valence-electron chi connectivity index (χ2n) is 4.66. The van der Waals surface area contributed by atoms with Crippen LogP contribution in [0.5, 0.6) is 0 Å². The average molecular weight is 182 g/mol. The first-order valence-corrected chi connectivity index (χ1v) is 5.46. The summed E-state index contributed by atoms with van der Waals surface area (Å²) >= 11 is 0. The van der Waals surface area contributed by atoms with E-state index in [2.05, 4.69) is 0 Å². The second kappa shape index (κ2) is 3.41. The van der Waals surface area contributed by atoms with Crippen LogP contribution in [0.2, 0.25) is 0 Å². The van der Waals surface area contributed by atoms with Crippen molar-refractivity contribution in [2.75, 3.05) is 0 Å². The van der Waals surface area contributed by atoms with Crippen LogP contribution >= 0.6 is 0 Å². The van der Waals surface area contributed by atoms with Crippen molar-refractivity contribution in [3.63, 3.8) is 0 Å². The van der Waals surface area contributed by atoms with Crippen molar-refractivity contribution in [3.05, 3.63) is 0 Å². The molecule has 0 amide bonds. The number of ketones is 1. The first kappa shape index (κ1) is 9.20. The molecule has 2 heteroatoms. The Morgan fingerprint density at radius 2 is 1.85 bits per heavy atom. The van der Waals surface area contributed by atoms with Crippen LogP contribution in [0.15, 0.2) is 0 Å². The molecule has 2 nitrogen and oxygen atoms in total. The molecular weight excluding hydrogens is 164 g/mol. The molecule has 2 aliphatic carbocycles. The van der Waals surface area contributed by atoms with Gasteiger partial charge in [0.2, 0.25) is 0 Å². The van der Waals surface area contributed by atoms with Crippen LogP contribution in [0.1, 0.15) is 51.4 Å². The van der Waals surface area contributed by atoms with Gasteiger partial charge in [-0.05, 0) is 31.6 Å². The highest BCUT2D eigenvalue weighted by atomic mass is 16.3. The molecule has 0 heterocycles. The van der Waals surface area contributed by atoms with Crippen LogP contribution in [0.4, 0.5) is 0 Å². The third kappa shape index (κ3) is 1.78. The summed E-state index contributed by atoms with van der Waals surface area (Å²) in [4.78, 5) is 11.7. The fourth-order valence-corrected chi connectivity index (χ4v) is 2.39. The van der Waals surface area contributed by atoms with E-state index in [0.29, 0.717) is 25.2 Å². The van der Waals surface area contributed by atoms with Crippen molar-refractivity contribution in [2.45, 2.75) is 57.0 Å². The lowest BCUT2D eigenvalue weighted by Gasteiger charge is -2.28. The minimum atomic E-state index is -0.921. The summed E-state index contributed by atoms with van der Waals surface area (Å²) in [5.41, 5.74) is -0.921. The minimum absolute atomic E-state index is 0.120. The number of Topliss-reactive ketones (excluding diaryl/α,β-unsaturated/α-hetero) is 1. The molecule has 0 atom stereocenters. The van der Waals surface area contributed by atoms with Gasteiger partial charge in [-0.1, -0.05) is 19.3 Å². The first-order valence-electron chi connectivity index (χ1n) is 5.46. The average Bonchev–Trinajstić information content (AvgIpc) is 2.45. The largest absolute Gasteiger partial charge is 0.382 e. The van der Waals surface area contributed by atoms with E-state index < -0.39 is 5.60 Å². The molecule has 0 aromatic carbocycles. The number of carbonyl (C=O) groups is 1. The number of hydrogen-bond donors (Lipinski definition) is 1. The molecule has 0 radical (unpaired) electrons. The topological polar surface area (TPSA) is 37.3 Å². The zero-order valence-electron chi connectivity index (χ0n) is 8.09. The van der Waals surface area contributed by atoms with Gasteiger partial charge < -0.3 is 5.11 Å². The molecule has 0 saturated heterocycles. The molecule has 0 spiro atoms. The maximum Gasteiger partial charge on any atom is 0.164 e. The maximum atomic E-state index is 11.7. The van der Waals surface area contributed by atoms with Gasteiger partial charge in [0, 0.05) is 6.42 Å². The van der Waals surface area contributed by atoms with E-state index in [1.54, 1.807) is 0 Å². The van der Waals surface area contributed by atoms with Gasteiger partial charge in [0.05, 0.1) is 0 Å². The van der Waals surface area contributed by atoms with Crippen molar-refractivity contribution in [1.29, 1.82) is 0 Å². The van der Waals surface area contributed by atoms with Crippen molar-refractivity contribution < 1.29 is 9.90 Å². The van der Waals surface area contributed by atoms with Crippen molar-refractivity contribution in [1.82, 2.24) is 0 Å². The van der Waals surface area contributed by atoms with Gasteiger partial charge in [0.25, 0.3) is 0 Å². The minimum Gasteiger partial charge on any atom is -0.382 e. The first-order chi connectivity index (χ1) is 6.21. The summed E-state index contributed by atoms with van der Waals surface area (Å²) < 4.78 is 0. The van der Waals surface area contributed by atoms with Crippen molar-refractivity contribution in [2.24, 2.45) is 5.92 Å². The Balaban J connectivity index is 1.87. The van der Waals surface area contributed by atoms with Gasteiger partial charge in [-0.25, -0.2) is 0 Å². The Kier molecular flexibility index (Phi) is 2.41. The fourth-order valence-electron chi connectivity index (χ4n) is 2.39. The van der Waals surface area contributed by atoms with Gasteiger partial charge in [0.15, 0.2) is 5.78 Å². The van der Waals surface area contributed by atoms with Gasteiger partial charge in [0.1, 0.15) is 5.60 Å². The molecule has 0 unspecified atom stereocenters. The zero-order valence-corrected chi connectivity index (χ0v) is 8.09. The molecule has 1 N–H and O–H groups in total. The number of carbonyl (C=O) groups excluding carboxylic acids is 1. The van der Waals surface area contributed by atoms with Crippen molar-refractivity contribution >= 4 is 5.78 Å². The van der Waals surface area contributed by atoms with E-state index >= 15 is 0 Å². The second-order valence-corrected chi connectivity index (χ2v) is 4.66. The molecule has 0 aromatic rings. The van der Waals surface area contributed by atoms with Gasteiger partial charge >= 0.3 is 0 Å². The number of aliphatic hydroxyl groups is 1. The predicted octanol–water partition coefficient (Wildman–Crippen LogP) is 2.05. The zero-order chi connectivity index (χ0) is 9.31. The summed E-state index contributed by atoms with van der Waals surface area (Å²) in [5.74, 6) is 0.715. The third-order valence-electron chi connectivity index (χ3n) is 3.65.